The number of aromatic nitrogens is 1. The molecule has 0 radical (unpaired) electrons. The summed E-state index contributed by atoms with van der Waals surface area (Å²) in [6.07, 6.45) is 2.89. The van der Waals surface area contributed by atoms with E-state index >= 15 is 0 Å². The summed E-state index contributed by atoms with van der Waals surface area (Å²) in [6, 6.07) is 0. The third kappa shape index (κ3) is 3.59. The Morgan fingerprint density at radius 1 is 1.43 bits per heavy atom. The number of esters is 1. The molecule has 2 heterocycles. The summed E-state index contributed by atoms with van der Waals surface area (Å²) < 4.78 is 5.75. The molecule has 0 bridgehead atoms. The Kier molecular flexibility index (Phi) is 5.03. The minimum Gasteiger partial charge on any atom is -0.465 e. The third-order valence-electron chi connectivity index (χ3n) is 3.49. The van der Waals surface area contributed by atoms with Gasteiger partial charge in [0, 0.05) is 16.0 Å². The van der Waals surface area contributed by atoms with Crippen LogP contribution >= 0.6 is 34.4 Å². The number of fused-ring (bicyclic) bond motifs is 1. The van der Waals surface area contributed by atoms with Crippen molar-refractivity contribution in [2.75, 3.05) is 18.2 Å². The van der Waals surface area contributed by atoms with Crippen LogP contribution in [0.2, 0.25) is 0 Å². The van der Waals surface area contributed by atoms with E-state index in [1.165, 1.54) is 46.4 Å². The molecule has 1 N–H and O–H groups in total. The lowest BCUT2D eigenvalue weighted by Crippen LogP contribution is -2.16. The van der Waals surface area contributed by atoms with Crippen LogP contribution in [0.5, 0.6) is 0 Å². The van der Waals surface area contributed by atoms with E-state index in [4.69, 9.17) is 4.74 Å². The number of nitrogens with zero attached hydrogens (tertiary/aromatic N) is 1. The fourth-order valence-corrected chi connectivity index (χ4v) is 5.44. The second-order valence-corrected chi connectivity index (χ2v) is 8.33. The number of carbonyl (C=O) groups excluding carboxylic acids is 2. The van der Waals surface area contributed by atoms with Gasteiger partial charge in [-0.3, -0.25) is 4.79 Å². The Morgan fingerprint density at radius 3 is 2.96 bits per heavy atom. The van der Waals surface area contributed by atoms with Crippen LogP contribution in [0.1, 0.15) is 32.9 Å². The van der Waals surface area contributed by atoms with Crippen LogP contribution in [0, 0.1) is 6.92 Å². The van der Waals surface area contributed by atoms with Gasteiger partial charge in [0.15, 0.2) is 4.34 Å². The number of anilines is 1. The van der Waals surface area contributed by atoms with Gasteiger partial charge in [-0.2, -0.15) is 0 Å². The summed E-state index contributed by atoms with van der Waals surface area (Å²) >= 11 is 4.42. The molecule has 3 rings (SSSR count). The summed E-state index contributed by atoms with van der Waals surface area (Å²) in [5, 5.41) is 5.44. The first-order chi connectivity index (χ1) is 11.1. The summed E-state index contributed by atoms with van der Waals surface area (Å²) in [7, 11) is 1.37. The molecular formula is C15H16N2O3S3. The first-order valence-corrected chi connectivity index (χ1v) is 9.84. The van der Waals surface area contributed by atoms with Gasteiger partial charge in [0.25, 0.3) is 0 Å². The maximum absolute atomic E-state index is 12.2. The van der Waals surface area contributed by atoms with Crippen LogP contribution in [0.4, 0.5) is 5.00 Å². The Morgan fingerprint density at radius 2 is 2.26 bits per heavy atom. The van der Waals surface area contributed by atoms with Crippen molar-refractivity contribution in [3.05, 3.63) is 27.1 Å². The Hall–Kier alpha value is -1.38. The maximum atomic E-state index is 12.2. The maximum Gasteiger partial charge on any atom is 0.341 e. The first-order valence-electron chi connectivity index (χ1n) is 7.16. The second-order valence-electron chi connectivity index (χ2n) is 5.14. The van der Waals surface area contributed by atoms with Crippen molar-refractivity contribution in [3.8, 4) is 0 Å². The summed E-state index contributed by atoms with van der Waals surface area (Å²) in [4.78, 5) is 29.7. The third-order valence-corrected chi connectivity index (χ3v) is 6.83. The summed E-state index contributed by atoms with van der Waals surface area (Å²) in [5.41, 5.74) is 2.54. The number of carbonyl (C=O) groups is 2. The number of thiophene rings is 1. The number of thioether (sulfide) groups is 1. The van der Waals surface area contributed by atoms with Crippen LogP contribution in [0.15, 0.2) is 9.72 Å². The van der Waals surface area contributed by atoms with Crippen LogP contribution in [-0.4, -0.2) is 29.7 Å². The highest BCUT2D eigenvalue weighted by Crippen LogP contribution is 2.39. The fourth-order valence-electron chi connectivity index (χ4n) is 2.50. The standard InChI is InChI=1S/C15H16N2O3S3/c1-8-6-21-15(16-8)22-7-11(18)17-13-12(14(19)20-2)9-4-3-5-10(9)23-13/h6H,3-5,7H2,1-2H3,(H,17,18). The number of methoxy groups -OCH3 is 1. The van der Waals surface area contributed by atoms with E-state index in [1.54, 1.807) is 0 Å². The Bertz CT molecular complexity index is 751. The molecule has 5 nitrogen and oxygen atoms in total. The molecule has 0 saturated carbocycles. The van der Waals surface area contributed by atoms with Gasteiger partial charge in [-0.25, -0.2) is 9.78 Å². The van der Waals surface area contributed by atoms with Crippen LogP contribution in [0.3, 0.4) is 0 Å². The van der Waals surface area contributed by atoms with E-state index in [-0.39, 0.29) is 17.6 Å². The minimum absolute atomic E-state index is 0.132. The number of aryl methyl sites for hydroxylation is 2. The lowest BCUT2D eigenvalue weighted by molar-refractivity contribution is -0.113. The van der Waals surface area contributed by atoms with Crippen molar-refractivity contribution in [2.45, 2.75) is 30.5 Å². The molecule has 1 amide bonds. The van der Waals surface area contributed by atoms with E-state index < -0.39 is 0 Å². The molecule has 0 fully saturated rings. The van der Waals surface area contributed by atoms with E-state index in [9.17, 15) is 9.59 Å². The van der Waals surface area contributed by atoms with Crippen LogP contribution in [-0.2, 0) is 22.4 Å². The van der Waals surface area contributed by atoms with Gasteiger partial charge in [-0.15, -0.1) is 22.7 Å². The number of thiazole rings is 1. The molecule has 122 valence electrons. The molecule has 0 aromatic carbocycles. The number of nitrogens with one attached hydrogen (secondary N) is 1. The van der Waals surface area contributed by atoms with Gasteiger partial charge in [0.05, 0.1) is 18.4 Å². The van der Waals surface area contributed by atoms with Crippen LogP contribution < -0.4 is 5.32 Å². The van der Waals surface area contributed by atoms with Gasteiger partial charge in [0.1, 0.15) is 5.00 Å². The monoisotopic (exact) mass is 368 g/mol. The zero-order valence-corrected chi connectivity index (χ0v) is 15.3. The van der Waals surface area contributed by atoms with Gasteiger partial charge in [-0.1, -0.05) is 11.8 Å². The number of ether oxygens (including phenoxy) is 1. The fraction of sp³-hybridized carbons (Fsp3) is 0.400. The summed E-state index contributed by atoms with van der Waals surface area (Å²) in [6.45, 7) is 1.93. The predicted molar refractivity (Wildman–Crippen MR) is 93.9 cm³/mol. The topological polar surface area (TPSA) is 68.3 Å². The first kappa shape index (κ1) is 16.5. The smallest absolute Gasteiger partial charge is 0.341 e. The quantitative estimate of drug-likeness (QED) is 0.646. The van der Waals surface area contributed by atoms with Gasteiger partial charge < -0.3 is 10.1 Å². The van der Waals surface area contributed by atoms with Crippen molar-refractivity contribution in [1.29, 1.82) is 0 Å². The van der Waals surface area contributed by atoms with Gasteiger partial charge >= 0.3 is 5.97 Å². The number of hydrogen-bond acceptors (Lipinski definition) is 7. The SMILES string of the molecule is COC(=O)c1c(NC(=O)CSc2nc(C)cs2)sc2c1CCC2. The lowest BCUT2D eigenvalue weighted by Gasteiger charge is -2.06. The van der Waals surface area contributed by atoms with Gasteiger partial charge in [0.2, 0.25) is 5.91 Å². The number of rotatable bonds is 5. The molecule has 2 aromatic heterocycles. The molecule has 0 saturated heterocycles. The van der Waals surface area contributed by atoms with E-state index in [0.29, 0.717) is 10.6 Å². The zero-order valence-electron chi connectivity index (χ0n) is 12.8. The molecule has 23 heavy (non-hydrogen) atoms. The Labute approximate surface area is 146 Å². The Balaban J connectivity index is 1.70. The molecule has 1 aliphatic carbocycles. The van der Waals surface area contributed by atoms with Crippen molar-refractivity contribution in [1.82, 2.24) is 4.98 Å². The minimum atomic E-state index is -0.372. The average molecular weight is 369 g/mol. The van der Waals surface area contributed by atoms with Gasteiger partial charge in [-0.05, 0) is 31.7 Å². The van der Waals surface area contributed by atoms with E-state index in [0.717, 1.165) is 34.9 Å². The lowest BCUT2D eigenvalue weighted by atomic mass is 10.1. The van der Waals surface area contributed by atoms with Crippen molar-refractivity contribution in [3.63, 3.8) is 0 Å². The van der Waals surface area contributed by atoms with Crippen molar-refractivity contribution in [2.24, 2.45) is 0 Å². The molecule has 0 aliphatic heterocycles. The normalized spacial score (nSPS) is 13.0. The molecule has 8 heteroatoms. The van der Waals surface area contributed by atoms with Crippen molar-refractivity contribution < 1.29 is 14.3 Å². The molecule has 2 aromatic rings. The van der Waals surface area contributed by atoms with E-state index in [1.807, 2.05) is 12.3 Å². The molecular weight excluding hydrogens is 352 g/mol. The zero-order chi connectivity index (χ0) is 16.4. The summed E-state index contributed by atoms with van der Waals surface area (Å²) in [5.74, 6) is -0.230. The number of hydrogen-bond donors (Lipinski definition) is 1. The number of amides is 1. The average Bonchev–Trinajstić information content (AvgIpc) is 3.20. The largest absolute Gasteiger partial charge is 0.465 e. The highest BCUT2D eigenvalue weighted by atomic mass is 32.2. The van der Waals surface area contributed by atoms with Crippen molar-refractivity contribution >= 4 is 51.3 Å². The molecule has 0 unspecified atom stereocenters. The molecule has 0 spiro atoms. The molecule has 0 atom stereocenters. The van der Waals surface area contributed by atoms with E-state index in [2.05, 4.69) is 10.3 Å². The predicted octanol–water partition coefficient (Wildman–Crippen LogP) is 3.52. The van der Waals surface area contributed by atoms with Crippen LogP contribution in [0.25, 0.3) is 0 Å². The highest BCUT2D eigenvalue weighted by molar-refractivity contribution is 8.01. The molecule has 1 aliphatic rings. The highest BCUT2D eigenvalue weighted by Gasteiger charge is 2.27. The second kappa shape index (κ2) is 7.02.